The molecule has 0 radical (unpaired) electrons. The molecule has 1 aliphatic heterocycles. The van der Waals surface area contributed by atoms with E-state index in [4.69, 9.17) is 0 Å². The molecule has 0 N–H and O–H groups in total. The Bertz CT molecular complexity index is 1090. The molecule has 0 unspecified atom stereocenters. The number of aromatic nitrogens is 2. The lowest BCUT2D eigenvalue weighted by atomic mass is 9.96. The second-order valence-electron chi connectivity index (χ2n) is 8.06. The summed E-state index contributed by atoms with van der Waals surface area (Å²) in [5.41, 5.74) is 2.29. The quantitative estimate of drug-likeness (QED) is 0.527. The first-order valence-electron chi connectivity index (χ1n) is 10.6. The average molecular weight is 424 g/mol. The van der Waals surface area contributed by atoms with Crippen LogP contribution < -0.4 is 9.80 Å². The van der Waals surface area contributed by atoms with Gasteiger partial charge >= 0.3 is 0 Å². The van der Waals surface area contributed by atoms with Crippen molar-refractivity contribution in [2.75, 3.05) is 43.0 Å². The topological polar surface area (TPSA) is 44.6 Å². The predicted octanol–water partition coefficient (Wildman–Crippen LogP) is 4.95. The SMILES string of the molecule is C=NCC1CCN(c2ncnc3c(-c4ccc(N(C)CC)c(F)c4)cc(F)cc23)CC1. The van der Waals surface area contributed by atoms with Crippen molar-refractivity contribution < 1.29 is 8.78 Å². The fraction of sp³-hybridized carbons (Fsp3) is 0.375. The molecule has 5 nitrogen and oxygen atoms in total. The fourth-order valence-corrected chi connectivity index (χ4v) is 4.26. The molecule has 162 valence electrons. The molecule has 0 bridgehead atoms. The van der Waals surface area contributed by atoms with Gasteiger partial charge in [-0.1, -0.05) is 6.07 Å². The Hall–Kier alpha value is -3.09. The summed E-state index contributed by atoms with van der Waals surface area (Å²) >= 11 is 0. The van der Waals surface area contributed by atoms with Gasteiger partial charge in [0.2, 0.25) is 0 Å². The highest BCUT2D eigenvalue weighted by Gasteiger charge is 2.22. The van der Waals surface area contributed by atoms with E-state index in [1.54, 1.807) is 6.07 Å². The summed E-state index contributed by atoms with van der Waals surface area (Å²) in [5, 5.41) is 0.646. The Kier molecular flexibility index (Phi) is 6.11. The Morgan fingerprint density at radius 2 is 1.94 bits per heavy atom. The van der Waals surface area contributed by atoms with Crippen molar-refractivity contribution in [2.24, 2.45) is 10.9 Å². The maximum Gasteiger partial charge on any atom is 0.147 e. The van der Waals surface area contributed by atoms with Gasteiger partial charge in [-0.15, -0.1) is 0 Å². The van der Waals surface area contributed by atoms with E-state index in [1.807, 2.05) is 24.9 Å². The van der Waals surface area contributed by atoms with Gasteiger partial charge in [-0.05, 0) is 62.2 Å². The van der Waals surface area contributed by atoms with Crippen molar-refractivity contribution in [3.05, 3.63) is 48.3 Å². The lowest BCUT2D eigenvalue weighted by molar-refractivity contribution is 0.415. The van der Waals surface area contributed by atoms with Crippen LogP contribution in [0.2, 0.25) is 0 Å². The monoisotopic (exact) mass is 423 g/mol. The van der Waals surface area contributed by atoms with Crippen molar-refractivity contribution in [1.82, 2.24) is 9.97 Å². The van der Waals surface area contributed by atoms with E-state index in [2.05, 4.69) is 26.6 Å². The van der Waals surface area contributed by atoms with E-state index in [1.165, 1.54) is 24.5 Å². The summed E-state index contributed by atoms with van der Waals surface area (Å²) in [7, 11) is 1.84. The molecule has 0 aliphatic carbocycles. The Labute approximate surface area is 181 Å². The number of hydrogen-bond donors (Lipinski definition) is 0. The van der Waals surface area contributed by atoms with Crippen LogP contribution in [-0.2, 0) is 0 Å². The summed E-state index contributed by atoms with van der Waals surface area (Å²) in [6.45, 7) is 8.66. The smallest absolute Gasteiger partial charge is 0.147 e. The highest BCUT2D eigenvalue weighted by atomic mass is 19.1. The summed E-state index contributed by atoms with van der Waals surface area (Å²) in [4.78, 5) is 16.9. The molecule has 7 heteroatoms. The summed E-state index contributed by atoms with van der Waals surface area (Å²) in [6, 6.07) is 7.88. The Morgan fingerprint density at radius 1 is 1.16 bits per heavy atom. The number of fused-ring (bicyclic) bond motifs is 1. The number of nitrogens with zero attached hydrogens (tertiary/aromatic N) is 5. The number of piperidine rings is 1. The van der Waals surface area contributed by atoms with E-state index in [-0.39, 0.29) is 11.6 Å². The third-order valence-electron chi connectivity index (χ3n) is 6.13. The van der Waals surface area contributed by atoms with Gasteiger partial charge in [0.25, 0.3) is 0 Å². The standard InChI is InChI=1S/C24H27F2N5/c1-4-30(3)22-6-5-17(11-21(22)26)19-12-18(25)13-20-23(19)28-15-29-24(20)31-9-7-16(8-10-31)14-27-2/h5-6,11-13,15-16H,2,4,7-10,14H2,1,3H3. The zero-order chi connectivity index (χ0) is 22.0. The van der Waals surface area contributed by atoms with Gasteiger partial charge in [0.15, 0.2) is 0 Å². The maximum atomic E-state index is 14.8. The second-order valence-corrected chi connectivity index (χ2v) is 8.06. The van der Waals surface area contributed by atoms with Gasteiger partial charge in [0.05, 0.1) is 11.2 Å². The maximum absolute atomic E-state index is 14.8. The van der Waals surface area contributed by atoms with Crippen LogP contribution in [0.15, 0.2) is 41.7 Å². The molecule has 3 aromatic rings. The van der Waals surface area contributed by atoms with Crippen LogP contribution in [-0.4, -0.2) is 49.9 Å². The van der Waals surface area contributed by atoms with Gasteiger partial charge in [0, 0.05) is 44.2 Å². The van der Waals surface area contributed by atoms with E-state index >= 15 is 0 Å². The molecule has 2 aromatic carbocycles. The number of rotatable bonds is 6. The highest BCUT2D eigenvalue weighted by molar-refractivity contribution is 5.99. The minimum Gasteiger partial charge on any atom is -0.373 e. The molecule has 0 amide bonds. The number of hydrogen-bond acceptors (Lipinski definition) is 5. The van der Waals surface area contributed by atoms with Gasteiger partial charge in [-0.25, -0.2) is 18.7 Å². The van der Waals surface area contributed by atoms with Gasteiger partial charge in [-0.2, -0.15) is 0 Å². The van der Waals surface area contributed by atoms with Crippen LogP contribution >= 0.6 is 0 Å². The van der Waals surface area contributed by atoms with E-state index in [0.717, 1.165) is 38.3 Å². The minimum atomic E-state index is -0.389. The molecule has 0 spiro atoms. The van der Waals surface area contributed by atoms with Crippen molar-refractivity contribution in [1.29, 1.82) is 0 Å². The number of anilines is 2. The molecule has 4 rings (SSSR count). The molecule has 1 aliphatic rings. The third-order valence-corrected chi connectivity index (χ3v) is 6.13. The second kappa shape index (κ2) is 8.96. The normalized spacial score (nSPS) is 14.8. The number of benzene rings is 2. The highest BCUT2D eigenvalue weighted by Crippen LogP contribution is 2.35. The first kappa shape index (κ1) is 21.2. The first-order chi connectivity index (χ1) is 15.0. The molecular formula is C24H27F2N5. The van der Waals surface area contributed by atoms with Gasteiger partial charge in [-0.3, -0.25) is 0 Å². The van der Waals surface area contributed by atoms with Crippen LogP contribution in [0.4, 0.5) is 20.3 Å². The zero-order valence-corrected chi connectivity index (χ0v) is 18.0. The molecule has 1 aromatic heterocycles. The lowest BCUT2D eigenvalue weighted by Crippen LogP contribution is -2.35. The molecule has 31 heavy (non-hydrogen) atoms. The van der Waals surface area contributed by atoms with Crippen LogP contribution in [0.25, 0.3) is 22.0 Å². The summed E-state index contributed by atoms with van der Waals surface area (Å²) in [5.74, 6) is 0.515. The van der Waals surface area contributed by atoms with Crippen molar-refractivity contribution in [3.8, 4) is 11.1 Å². The Morgan fingerprint density at radius 3 is 2.61 bits per heavy atom. The van der Waals surface area contributed by atoms with E-state index in [0.29, 0.717) is 40.2 Å². The lowest BCUT2D eigenvalue weighted by Gasteiger charge is -2.32. The summed E-state index contributed by atoms with van der Waals surface area (Å²) in [6.07, 6.45) is 3.49. The molecule has 0 saturated carbocycles. The van der Waals surface area contributed by atoms with E-state index < -0.39 is 0 Å². The van der Waals surface area contributed by atoms with Gasteiger partial charge in [0.1, 0.15) is 23.8 Å². The van der Waals surface area contributed by atoms with Crippen molar-refractivity contribution >= 4 is 29.1 Å². The predicted molar refractivity (Wildman–Crippen MR) is 123 cm³/mol. The first-order valence-corrected chi connectivity index (χ1v) is 10.6. The third kappa shape index (κ3) is 4.22. The number of aliphatic imine (C=N–C) groups is 1. The van der Waals surface area contributed by atoms with Crippen molar-refractivity contribution in [3.63, 3.8) is 0 Å². The summed E-state index contributed by atoms with van der Waals surface area (Å²) < 4.78 is 29.4. The molecule has 1 saturated heterocycles. The molecule has 1 fully saturated rings. The van der Waals surface area contributed by atoms with E-state index in [9.17, 15) is 8.78 Å². The Balaban J connectivity index is 1.75. The molecule has 2 heterocycles. The van der Waals surface area contributed by atoms with Crippen LogP contribution in [0.3, 0.4) is 0 Å². The van der Waals surface area contributed by atoms with Crippen LogP contribution in [0.5, 0.6) is 0 Å². The molecular weight excluding hydrogens is 396 g/mol. The number of halogens is 2. The zero-order valence-electron chi connectivity index (χ0n) is 18.0. The fourth-order valence-electron chi connectivity index (χ4n) is 4.26. The molecule has 0 atom stereocenters. The van der Waals surface area contributed by atoms with Crippen LogP contribution in [0.1, 0.15) is 19.8 Å². The largest absolute Gasteiger partial charge is 0.373 e. The van der Waals surface area contributed by atoms with Crippen LogP contribution in [0, 0.1) is 17.6 Å². The van der Waals surface area contributed by atoms with Gasteiger partial charge < -0.3 is 14.8 Å². The minimum absolute atomic E-state index is 0.341. The van der Waals surface area contributed by atoms with Crippen molar-refractivity contribution in [2.45, 2.75) is 19.8 Å². The average Bonchev–Trinajstić information content (AvgIpc) is 2.78.